The molecule has 1 aliphatic rings. The Labute approximate surface area is 120 Å². The van der Waals surface area contributed by atoms with Crippen LogP contribution in [0.15, 0.2) is 30.4 Å². The monoisotopic (exact) mass is 293 g/mol. The van der Waals surface area contributed by atoms with E-state index >= 15 is 0 Å². The number of fused-ring (bicyclic) bond motifs is 1. The van der Waals surface area contributed by atoms with Crippen LogP contribution in [0.1, 0.15) is 17.3 Å². The topological polar surface area (TPSA) is 72.5 Å². The van der Waals surface area contributed by atoms with Gasteiger partial charge in [-0.05, 0) is 25.1 Å². The van der Waals surface area contributed by atoms with Crippen molar-refractivity contribution < 1.29 is 19.1 Å². The van der Waals surface area contributed by atoms with E-state index in [2.05, 4.69) is 5.32 Å². The maximum atomic E-state index is 12.2. The second kappa shape index (κ2) is 5.88. The molecule has 1 aromatic carbocycles. The molecule has 104 valence electrons. The number of esters is 1. The second-order valence-electron chi connectivity index (χ2n) is 4.13. The Morgan fingerprint density at radius 3 is 2.90 bits per heavy atom. The SMILES string of the molecule is CCOC(=O)/C=C/C1C(=O)Nc2cc(Cl)ccc2C1=O. The minimum Gasteiger partial charge on any atom is -0.463 e. The van der Waals surface area contributed by atoms with Crippen molar-refractivity contribution in [2.24, 2.45) is 5.92 Å². The molecule has 0 saturated heterocycles. The predicted octanol–water partition coefficient (Wildman–Crippen LogP) is 2.21. The fraction of sp³-hybridized carbons (Fsp3) is 0.214. The predicted molar refractivity (Wildman–Crippen MR) is 73.7 cm³/mol. The fourth-order valence-corrected chi connectivity index (χ4v) is 2.04. The third-order valence-corrected chi connectivity index (χ3v) is 3.02. The number of hydrogen-bond acceptors (Lipinski definition) is 4. The quantitative estimate of drug-likeness (QED) is 0.527. The van der Waals surface area contributed by atoms with Gasteiger partial charge in [-0.25, -0.2) is 4.79 Å². The molecule has 20 heavy (non-hydrogen) atoms. The van der Waals surface area contributed by atoms with Crippen LogP contribution >= 0.6 is 11.6 Å². The summed E-state index contributed by atoms with van der Waals surface area (Å²) in [6.07, 6.45) is 2.33. The van der Waals surface area contributed by atoms with Gasteiger partial charge in [0.15, 0.2) is 5.78 Å². The molecule has 0 saturated carbocycles. The number of ether oxygens (including phenoxy) is 1. The molecule has 1 aromatic rings. The Kier molecular flexibility index (Phi) is 4.20. The molecule has 1 N–H and O–H groups in total. The van der Waals surface area contributed by atoms with Gasteiger partial charge in [0.2, 0.25) is 5.91 Å². The normalized spacial score (nSPS) is 17.8. The van der Waals surface area contributed by atoms with Crippen LogP contribution in [0, 0.1) is 5.92 Å². The lowest BCUT2D eigenvalue weighted by Crippen LogP contribution is -2.34. The summed E-state index contributed by atoms with van der Waals surface area (Å²) in [5.74, 6) is -2.49. The Balaban J connectivity index is 2.25. The van der Waals surface area contributed by atoms with E-state index in [1.54, 1.807) is 19.1 Å². The van der Waals surface area contributed by atoms with Crippen molar-refractivity contribution in [2.45, 2.75) is 6.92 Å². The number of ketones is 1. The van der Waals surface area contributed by atoms with Crippen molar-refractivity contribution in [3.8, 4) is 0 Å². The zero-order valence-corrected chi connectivity index (χ0v) is 11.4. The zero-order valence-electron chi connectivity index (χ0n) is 10.7. The number of Topliss-reactive ketones (excluding diaryl/α,β-unsaturated/α-hetero) is 1. The molecule has 0 aliphatic carbocycles. The first kappa shape index (κ1) is 14.3. The van der Waals surface area contributed by atoms with E-state index in [0.29, 0.717) is 16.3 Å². The standard InChI is InChI=1S/C14H12ClNO4/c1-2-20-12(17)6-5-10-13(18)9-4-3-8(15)7-11(9)16-14(10)19/h3-7,10H,2H2,1H3,(H,16,19)/b6-5+. The van der Waals surface area contributed by atoms with Gasteiger partial charge in [0.1, 0.15) is 5.92 Å². The second-order valence-corrected chi connectivity index (χ2v) is 4.57. The van der Waals surface area contributed by atoms with Crippen LogP contribution in [0.3, 0.4) is 0 Å². The van der Waals surface area contributed by atoms with Crippen molar-refractivity contribution in [1.82, 2.24) is 0 Å². The first-order valence-corrected chi connectivity index (χ1v) is 6.40. The number of amides is 1. The van der Waals surface area contributed by atoms with Gasteiger partial charge in [-0.1, -0.05) is 17.7 Å². The summed E-state index contributed by atoms with van der Waals surface area (Å²) in [4.78, 5) is 35.3. The molecular formula is C14H12ClNO4. The van der Waals surface area contributed by atoms with Gasteiger partial charge >= 0.3 is 5.97 Å². The van der Waals surface area contributed by atoms with Gasteiger partial charge < -0.3 is 10.1 Å². The summed E-state index contributed by atoms with van der Waals surface area (Å²) >= 11 is 5.81. The lowest BCUT2D eigenvalue weighted by atomic mass is 9.91. The van der Waals surface area contributed by atoms with E-state index in [1.807, 2.05) is 0 Å². The highest BCUT2D eigenvalue weighted by atomic mass is 35.5. The van der Waals surface area contributed by atoms with Crippen LogP contribution < -0.4 is 5.32 Å². The smallest absolute Gasteiger partial charge is 0.330 e. The first-order valence-electron chi connectivity index (χ1n) is 6.02. The molecule has 1 atom stereocenters. The molecule has 0 fully saturated rings. The minimum atomic E-state index is -1.03. The van der Waals surface area contributed by atoms with Gasteiger partial charge in [0.05, 0.1) is 12.3 Å². The summed E-state index contributed by atoms with van der Waals surface area (Å²) in [5.41, 5.74) is 0.751. The fourth-order valence-electron chi connectivity index (χ4n) is 1.87. The Hall–Kier alpha value is -2.14. The van der Waals surface area contributed by atoms with Crippen molar-refractivity contribution >= 4 is 34.9 Å². The van der Waals surface area contributed by atoms with Gasteiger partial charge in [-0.3, -0.25) is 9.59 Å². The van der Waals surface area contributed by atoms with Crippen LogP contribution in [0.5, 0.6) is 0 Å². The average Bonchev–Trinajstić information content (AvgIpc) is 2.38. The van der Waals surface area contributed by atoms with E-state index in [4.69, 9.17) is 16.3 Å². The Bertz CT molecular complexity index is 609. The van der Waals surface area contributed by atoms with Crippen LogP contribution in [0.2, 0.25) is 5.02 Å². The molecule has 1 amide bonds. The van der Waals surface area contributed by atoms with E-state index < -0.39 is 17.8 Å². The maximum absolute atomic E-state index is 12.2. The highest BCUT2D eigenvalue weighted by molar-refractivity contribution is 6.32. The molecule has 6 heteroatoms. The molecule has 0 spiro atoms. The van der Waals surface area contributed by atoms with Gasteiger partial charge in [-0.2, -0.15) is 0 Å². The van der Waals surface area contributed by atoms with Crippen molar-refractivity contribution in [3.05, 3.63) is 40.9 Å². The van der Waals surface area contributed by atoms with Crippen molar-refractivity contribution in [2.75, 3.05) is 11.9 Å². The molecular weight excluding hydrogens is 282 g/mol. The number of carbonyl (C=O) groups excluding carboxylic acids is 3. The number of anilines is 1. The number of benzene rings is 1. The summed E-state index contributed by atoms with van der Waals surface area (Å²) in [6.45, 7) is 1.90. The van der Waals surface area contributed by atoms with Gasteiger partial charge in [-0.15, -0.1) is 0 Å². The molecule has 1 unspecified atom stereocenters. The molecule has 2 rings (SSSR count). The number of rotatable bonds is 3. The van der Waals surface area contributed by atoms with Crippen LogP contribution in [0.25, 0.3) is 0 Å². The highest BCUT2D eigenvalue weighted by Crippen LogP contribution is 2.28. The lowest BCUT2D eigenvalue weighted by molar-refractivity contribution is -0.137. The van der Waals surface area contributed by atoms with E-state index in [9.17, 15) is 14.4 Å². The third-order valence-electron chi connectivity index (χ3n) is 2.78. The number of carbonyl (C=O) groups is 3. The van der Waals surface area contributed by atoms with Gasteiger partial charge in [0, 0.05) is 16.7 Å². The van der Waals surface area contributed by atoms with Crippen LogP contribution in [0.4, 0.5) is 5.69 Å². The Morgan fingerprint density at radius 1 is 1.45 bits per heavy atom. The largest absolute Gasteiger partial charge is 0.463 e. The number of nitrogens with one attached hydrogen (secondary N) is 1. The maximum Gasteiger partial charge on any atom is 0.330 e. The minimum absolute atomic E-state index is 0.231. The highest BCUT2D eigenvalue weighted by Gasteiger charge is 2.32. The molecule has 0 aromatic heterocycles. The molecule has 5 nitrogen and oxygen atoms in total. The zero-order chi connectivity index (χ0) is 14.7. The Morgan fingerprint density at radius 2 is 2.20 bits per heavy atom. The first-order chi connectivity index (χ1) is 9.52. The van der Waals surface area contributed by atoms with E-state index in [1.165, 1.54) is 12.1 Å². The van der Waals surface area contributed by atoms with Crippen molar-refractivity contribution in [1.29, 1.82) is 0 Å². The summed E-state index contributed by atoms with van der Waals surface area (Å²) in [6, 6.07) is 4.63. The van der Waals surface area contributed by atoms with Crippen LogP contribution in [-0.4, -0.2) is 24.3 Å². The molecule has 0 radical (unpaired) electrons. The van der Waals surface area contributed by atoms with E-state index in [-0.39, 0.29) is 12.4 Å². The third kappa shape index (κ3) is 2.88. The lowest BCUT2D eigenvalue weighted by Gasteiger charge is -2.21. The summed E-state index contributed by atoms with van der Waals surface area (Å²) < 4.78 is 4.70. The summed E-state index contributed by atoms with van der Waals surface area (Å²) in [7, 11) is 0. The van der Waals surface area contributed by atoms with E-state index in [0.717, 1.165) is 6.08 Å². The molecule has 1 aliphatic heterocycles. The van der Waals surface area contributed by atoms with Crippen LogP contribution in [-0.2, 0) is 14.3 Å². The van der Waals surface area contributed by atoms with Crippen molar-refractivity contribution in [3.63, 3.8) is 0 Å². The molecule has 0 bridgehead atoms. The van der Waals surface area contributed by atoms with Gasteiger partial charge in [0.25, 0.3) is 0 Å². The molecule has 1 heterocycles. The number of halogens is 1. The summed E-state index contributed by atoms with van der Waals surface area (Å²) in [5, 5.41) is 3.02. The number of hydrogen-bond donors (Lipinski definition) is 1. The average molecular weight is 294 g/mol.